The standard InChI is InChI=1S/C12H18FN3O2/c1-16(2)8-10-6-9(4-5-11(10)13)7-14-12(17)15-18-3/h4-6H,7-8H2,1-3H3,(H2,14,15,17). The molecule has 2 amide bonds. The summed E-state index contributed by atoms with van der Waals surface area (Å²) in [5.41, 5.74) is 3.58. The Labute approximate surface area is 106 Å². The quantitative estimate of drug-likeness (QED) is 0.779. The monoisotopic (exact) mass is 255 g/mol. The number of nitrogens with zero attached hydrogens (tertiary/aromatic N) is 1. The van der Waals surface area contributed by atoms with Crippen LogP contribution in [0.1, 0.15) is 11.1 Å². The van der Waals surface area contributed by atoms with Crippen molar-refractivity contribution in [2.24, 2.45) is 0 Å². The number of carbonyl (C=O) groups excluding carboxylic acids is 1. The summed E-state index contributed by atoms with van der Waals surface area (Å²) in [7, 11) is 5.10. The second-order valence-electron chi connectivity index (χ2n) is 4.15. The van der Waals surface area contributed by atoms with E-state index in [1.54, 1.807) is 12.1 Å². The largest absolute Gasteiger partial charge is 0.338 e. The minimum Gasteiger partial charge on any atom is -0.332 e. The van der Waals surface area contributed by atoms with Crippen LogP contribution in [0, 0.1) is 5.82 Å². The highest BCUT2D eigenvalue weighted by Gasteiger charge is 2.06. The van der Waals surface area contributed by atoms with Crippen molar-refractivity contribution in [2.45, 2.75) is 13.1 Å². The molecule has 0 fully saturated rings. The maximum atomic E-state index is 13.5. The molecule has 0 atom stereocenters. The van der Waals surface area contributed by atoms with Crippen LogP contribution in [0.2, 0.25) is 0 Å². The molecular weight excluding hydrogens is 237 g/mol. The molecule has 1 aromatic rings. The number of nitrogens with one attached hydrogen (secondary N) is 2. The molecule has 0 bridgehead atoms. The number of benzene rings is 1. The van der Waals surface area contributed by atoms with Crippen LogP contribution in [0.15, 0.2) is 18.2 Å². The number of hydroxylamine groups is 1. The Balaban J connectivity index is 2.64. The zero-order valence-electron chi connectivity index (χ0n) is 10.8. The number of rotatable bonds is 5. The third-order valence-electron chi connectivity index (χ3n) is 2.24. The molecule has 0 heterocycles. The molecule has 0 spiro atoms. The van der Waals surface area contributed by atoms with E-state index < -0.39 is 6.03 Å². The van der Waals surface area contributed by atoms with Crippen molar-refractivity contribution in [3.05, 3.63) is 35.1 Å². The zero-order valence-corrected chi connectivity index (χ0v) is 10.8. The molecule has 6 heteroatoms. The van der Waals surface area contributed by atoms with E-state index in [1.165, 1.54) is 13.2 Å². The van der Waals surface area contributed by atoms with Crippen LogP contribution < -0.4 is 10.8 Å². The first-order chi connectivity index (χ1) is 8.52. The van der Waals surface area contributed by atoms with E-state index in [9.17, 15) is 9.18 Å². The molecule has 18 heavy (non-hydrogen) atoms. The molecule has 0 saturated heterocycles. The van der Waals surface area contributed by atoms with Gasteiger partial charge in [0, 0.05) is 18.7 Å². The second-order valence-corrected chi connectivity index (χ2v) is 4.15. The molecular formula is C12H18FN3O2. The molecule has 100 valence electrons. The van der Waals surface area contributed by atoms with Gasteiger partial charge in [0.15, 0.2) is 0 Å². The molecule has 0 unspecified atom stereocenters. The summed E-state index contributed by atoms with van der Waals surface area (Å²) in [4.78, 5) is 17.5. The lowest BCUT2D eigenvalue weighted by molar-refractivity contribution is 0.107. The summed E-state index contributed by atoms with van der Waals surface area (Å²) in [6, 6.07) is 4.35. The third-order valence-corrected chi connectivity index (χ3v) is 2.24. The van der Waals surface area contributed by atoms with E-state index in [1.807, 2.05) is 19.0 Å². The molecule has 0 saturated carbocycles. The summed E-state index contributed by atoms with van der Waals surface area (Å²) < 4.78 is 13.5. The molecule has 5 nitrogen and oxygen atoms in total. The van der Waals surface area contributed by atoms with Crippen molar-refractivity contribution >= 4 is 6.03 Å². The molecule has 0 radical (unpaired) electrons. The first-order valence-corrected chi connectivity index (χ1v) is 5.51. The number of amides is 2. The Morgan fingerprint density at radius 1 is 1.44 bits per heavy atom. The van der Waals surface area contributed by atoms with Gasteiger partial charge in [-0.2, -0.15) is 0 Å². The fourth-order valence-electron chi connectivity index (χ4n) is 1.51. The van der Waals surface area contributed by atoms with Gasteiger partial charge in [-0.1, -0.05) is 6.07 Å². The highest BCUT2D eigenvalue weighted by molar-refractivity contribution is 5.72. The minimum atomic E-state index is -0.434. The second kappa shape index (κ2) is 6.93. The van der Waals surface area contributed by atoms with E-state index >= 15 is 0 Å². The van der Waals surface area contributed by atoms with Crippen molar-refractivity contribution in [1.82, 2.24) is 15.7 Å². The summed E-state index contributed by atoms with van der Waals surface area (Å²) in [6.07, 6.45) is 0. The number of hydrogen-bond acceptors (Lipinski definition) is 3. The van der Waals surface area contributed by atoms with Gasteiger partial charge >= 0.3 is 6.03 Å². The summed E-state index contributed by atoms with van der Waals surface area (Å²) >= 11 is 0. The topological polar surface area (TPSA) is 53.6 Å². The molecule has 0 aliphatic rings. The SMILES string of the molecule is CONC(=O)NCc1ccc(F)c(CN(C)C)c1. The van der Waals surface area contributed by atoms with Crippen molar-refractivity contribution in [2.75, 3.05) is 21.2 Å². The van der Waals surface area contributed by atoms with E-state index in [-0.39, 0.29) is 5.82 Å². The predicted molar refractivity (Wildman–Crippen MR) is 66.2 cm³/mol. The van der Waals surface area contributed by atoms with E-state index in [4.69, 9.17) is 0 Å². The fourth-order valence-corrected chi connectivity index (χ4v) is 1.51. The number of urea groups is 1. The number of carbonyl (C=O) groups is 1. The minimum absolute atomic E-state index is 0.242. The lowest BCUT2D eigenvalue weighted by Gasteiger charge is -2.12. The Hall–Kier alpha value is -1.66. The van der Waals surface area contributed by atoms with Gasteiger partial charge in [-0.05, 0) is 31.8 Å². The van der Waals surface area contributed by atoms with Gasteiger partial charge in [0.05, 0.1) is 7.11 Å². The summed E-state index contributed by atoms with van der Waals surface area (Å²) in [6.45, 7) is 0.833. The highest BCUT2D eigenvalue weighted by Crippen LogP contribution is 2.12. The average Bonchev–Trinajstić information content (AvgIpc) is 2.30. The maximum Gasteiger partial charge on any atom is 0.338 e. The number of hydrogen-bond donors (Lipinski definition) is 2. The predicted octanol–water partition coefficient (Wildman–Crippen LogP) is 1.25. The van der Waals surface area contributed by atoms with Gasteiger partial charge in [-0.3, -0.25) is 4.84 Å². The van der Waals surface area contributed by atoms with Crippen LogP contribution in [0.3, 0.4) is 0 Å². The molecule has 0 aliphatic heterocycles. The summed E-state index contributed by atoms with van der Waals surface area (Å²) in [5.74, 6) is -0.242. The fraction of sp³-hybridized carbons (Fsp3) is 0.417. The Bertz CT molecular complexity index is 410. The van der Waals surface area contributed by atoms with Gasteiger partial charge in [0.1, 0.15) is 5.82 Å². The van der Waals surface area contributed by atoms with Crippen molar-refractivity contribution in [3.63, 3.8) is 0 Å². The van der Waals surface area contributed by atoms with Crippen LogP contribution in [0.5, 0.6) is 0 Å². The van der Waals surface area contributed by atoms with E-state index in [0.717, 1.165) is 5.56 Å². The lowest BCUT2D eigenvalue weighted by Crippen LogP contribution is -2.34. The highest BCUT2D eigenvalue weighted by atomic mass is 19.1. The van der Waals surface area contributed by atoms with Crippen molar-refractivity contribution in [1.29, 1.82) is 0 Å². The van der Waals surface area contributed by atoms with Gasteiger partial charge in [-0.15, -0.1) is 0 Å². The Morgan fingerprint density at radius 3 is 2.78 bits per heavy atom. The summed E-state index contributed by atoms with van der Waals surface area (Å²) in [5, 5.41) is 2.59. The third kappa shape index (κ3) is 4.68. The molecule has 2 N–H and O–H groups in total. The number of halogens is 1. The average molecular weight is 255 g/mol. The van der Waals surface area contributed by atoms with Gasteiger partial charge < -0.3 is 10.2 Å². The first-order valence-electron chi connectivity index (χ1n) is 5.51. The van der Waals surface area contributed by atoms with E-state index in [2.05, 4.69) is 15.6 Å². The lowest BCUT2D eigenvalue weighted by atomic mass is 10.1. The van der Waals surface area contributed by atoms with Crippen molar-refractivity contribution in [3.8, 4) is 0 Å². The van der Waals surface area contributed by atoms with Crippen LogP contribution >= 0.6 is 0 Å². The Kier molecular flexibility index (Phi) is 5.54. The molecule has 0 aromatic heterocycles. The zero-order chi connectivity index (χ0) is 13.5. The first kappa shape index (κ1) is 14.4. The van der Waals surface area contributed by atoms with E-state index in [0.29, 0.717) is 18.7 Å². The smallest absolute Gasteiger partial charge is 0.332 e. The van der Waals surface area contributed by atoms with Gasteiger partial charge in [0.25, 0.3) is 0 Å². The van der Waals surface area contributed by atoms with Crippen LogP contribution in [-0.2, 0) is 17.9 Å². The van der Waals surface area contributed by atoms with Gasteiger partial charge in [-0.25, -0.2) is 14.7 Å². The van der Waals surface area contributed by atoms with Crippen LogP contribution in [-0.4, -0.2) is 32.1 Å². The molecule has 0 aliphatic carbocycles. The Morgan fingerprint density at radius 2 is 2.17 bits per heavy atom. The maximum absolute atomic E-state index is 13.5. The molecule has 1 rings (SSSR count). The van der Waals surface area contributed by atoms with Crippen LogP contribution in [0.4, 0.5) is 9.18 Å². The van der Waals surface area contributed by atoms with Gasteiger partial charge in [0.2, 0.25) is 0 Å². The van der Waals surface area contributed by atoms with Crippen molar-refractivity contribution < 1.29 is 14.0 Å². The normalized spacial score (nSPS) is 10.5. The van der Waals surface area contributed by atoms with Crippen LogP contribution in [0.25, 0.3) is 0 Å². The molecule has 1 aromatic carbocycles.